The summed E-state index contributed by atoms with van der Waals surface area (Å²) in [5.74, 6) is -1.81. The molecule has 0 aromatic carbocycles. The molecule has 0 aliphatic carbocycles. The molecule has 5 heteroatoms. The van der Waals surface area contributed by atoms with Crippen molar-refractivity contribution in [3.63, 3.8) is 0 Å². The minimum Gasteiger partial charge on any atom is -0.550 e. The molecule has 3 radical (unpaired) electrons. The first kappa shape index (κ1) is 55.5. The summed E-state index contributed by atoms with van der Waals surface area (Å²) in [7, 11) is 0. The summed E-state index contributed by atoms with van der Waals surface area (Å²) < 4.78 is 0. The largest absolute Gasteiger partial charge is 2.00 e. The smallest absolute Gasteiger partial charge is 0.550 e. The molecule has 0 saturated heterocycles. The van der Waals surface area contributed by atoms with Crippen molar-refractivity contribution in [2.24, 2.45) is 0 Å². The van der Waals surface area contributed by atoms with Crippen molar-refractivity contribution in [1.82, 2.24) is 0 Å². The van der Waals surface area contributed by atoms with Gasteiger partial charge in [0.2, 0.25) is 0 Å². The molecule has 0 spiro atoms. The fourth-order valence-corrected chi connectivity index (χ4v) is 6.06. The molecule has 0 aromatic heterocycles. The number of carboxylic acids is 2. The first-order valence-corrected chi connectivity index (χ1v) is 21.6. The number of aliphatic carboxylic acids is 2. The van der Waals surface area contributed by atoms with E-state index in [4.69, 9.17) is 0 Å². The van der Waals surface area contributed by atoms with Crippen LogP contribution < -0.4 is 10.2 Å². The molecule has 0 bridgehead atoms. The Hall–Kier alpha value is -0.261. The van der Waals surface area contributed by atoms with Gasteiger partial charge in [-0.1, -0.05) is 246 Å². The van der Waals surface area contributed by atoms with Crippen LogP contribution >= 0.6 is 0 Å². The van der Waals surface area contributed by atoms with Crippen LogP contribution in [0, 0.1) is 6.92 Å². The zero-order valence-corrected chi connectivity index (χ0v) is 36.6. The fraction of sp³-hybridized carbons (Fsp3) is 0.932. The second kappa shape index (κ2) is 54.5. The van der Waals surface area contributed by atoms with Crippen LogP contribution in [0.4, 0.5) is 0 Å². The maximum atomic E-state index is 10.2. The summed E-state index contributed by atoms with van der Waals surface area (Å²) in [5.41, 5.74) is 0. The molecule has 0 saturated carbocycles. The van der Waals surface area contributed by atoms with E-state index in [2.05, 4.69) is 27.7 Å². The minimum absolute atomic E-state index is 0. The molecule has 0 rings (SSSR count). The third-order valence-corrected chi connectivity index (χ3v) is 9.32. The molecule has 0 atom stereocenters. The molecule has 0 aromatic rings. The van der Waals surface area contributed by atoms with Gasteiger partial charge in [-0.05, 0) is 25.7 Å². The average molecular weight is 801 g/mol. The summed E-state index contributed by atoms with van der Waals surface area (Å²) in [5, 5.41) is 20.4. The van der Waals surface area contributed by atoms with Crippen molar-refractivity contribution in [2.45, 2.75) is 265 Å². The first-order chi connectivity index (χ1) is 23.5. The van der Waals surface area contributed by atoms with Crippen LogP contribution in [-0.4, -0.2) is 35.8 Å². The predicted molar refractivity (Wildman–Crippen MR) is 216 cm³/mol. The third kappa shape index (κ3) is 66.6. The normalized spacial score (nSPS) is 10.4. The van der Waals surface area contributed by atoms with Crippen LogP contribution in [0.25, 0.3) is 0 Å². The zero-order chi connectivity index (χ0) is 36.0. The van der Waals surface area contributed by atoms with E-state index in [1.807, 2.05) is 0 Å². The standard InChI is InChI=1S/2C18H36O2.C8H17.Sn.H2/c2*1-2-3-4-5-6-7-8-9-10-11-12-13-14-15-16-17-18(19)20;1-3-5-7-8-6-4-2;;/h2*2-17H2,1H3,(H,19,20);1,3-8H2,2H3;;1H/q;;;+2;/p-2. The van der Waals surface area contributed by atoms with E-state index in [9.17, 15) is 19.8 Å². The second-order valence-electron chi connectivity index (χ2n) is 14.4. The number of carboxylic acid groups (broad SMARTS) is 2. The number of hydrogen-bond donors (Lipinski definition) is 0. The van der Waals surface area contributed by atoms with Gasteiger partial charge in [0.05, 0.1) is 0 Å². The molecule has 49 heavy (non-hydrogen) atoms. The molecular weight excluding hydrogens is 711 g/mol. The van der Waals surface area contributed by atoms with E-state index < -0.39 is 11.9 Å². The van der Waals surface area contributed by atoms with E-state index in [-0.39, 0.29) is 38.2 Å². The van der Waals surface area contributed by atoms with Crippen LogP contribution in [0.5, 0.6) is 0 Å². The number of carbonyl (C=O) groups excluding carboxylic acids is 2. The van der Waals surface area contributed by atoms with Gasteiger partial charge in [-0.3, -0.25) is 0 Å². The van der Waals surface area contributed by atoms with Gasteiger partial charge in [0.1, 0.15) is 0 Å². The van der Waals surface area contributed by atoms with Crippen molar-refractivity contribution in [2.75, 3.05) is 0 Å². The molecule has 0 aliphatic rings. The van der Waals surface area contributed by atoms with Crippen LogP contribution in [0.3, 0.4) is 0 Å². The Bertz CT molecular complexity index is 540. The number of unbranched alkanes of at least 4 members (excludes halogenated alkanes) is 33. The molecule has 0 heterocycles. The quantitative estimate of drug-likeness (QED) is 0.0463. The minimum atomic E-state index is -0.903. The maximum Gasteiger partial charge on any atom is 2.00 e. The van der Waals surface area contributed by atoms with Crippen molar-refractivity contribution in [1.29, 1.82) is 0 Å². The Kier molecular flexibility index (Phi) is 61.7. The van der Waals surface area contributed by atoms with Crippen LogP contribution in [0.1, 0.15) is 266 Å². The van der Waals surface area contributed by atoms with Gasteiger partial charge in [0, 0.05) is 13.4 Å². The molecule has 0 amide bonds. The monoisotopic (exact) mass is 802 g/mol. The maximum absolute atomic E-state index is 10.2. The van der Waals surface area contributed by atoms with Gasteiger partial charge in [-0.25, -0.2) is 0 Å². The van der Waals surface area contributed by atoms with E-state index in [1.54, 1.807) is 0 Å². The molecular formula is C44H89O4Sn. The summed E-state index contributed by atoms with van der Waals surface area (Å²) >= 11 is 0. The molecule has 0 unspecified atom stereocenters. The Balaban J connectivity index is -0.000000215. The Morgan fingerprint density at radius 1 is 0.347 bits per heavy atom. The van der Waals surface area contributed by atoms with Gasteiger partial charge in [0.15, 0.2) is 0 Å². The van der Waals surface area contributed by atoms with E-state index in [0.29, 0.717) is 0 Å². The van der Waals surface area contributed by atoms with Gasteiger partial charge < -0.3 is 19.8 Å². The van der Waals surface area contributed by atoms with Gasteiger partial charge in [-0.15, -0.1) is 0 Å². The van der Waals surface area contributed by atoms with Crippen LogP contribution in [-0.2, 0) is 9.59 Å². The van der Waals surface area contributed by atoms with E-state index in [1.165, 1.54) is 199 Å². The number of carbonyl (C=O) groups is 2. The predicted octanol–water partition coefficient (Wildman–Crippen LogP) is 13.0. The van der Waals surface area contributed by atoms with Crippen molar-refractivity contribution in [3.05, 3.63) is 6.92 Å². The summed E-state index contributed by atoms with van der Waals surface area (Å²) in [4.78, 5) is 20.4. The van der Waals surface area contributed by atoms with Crippen LogP contribution in [0.2, 0.25) is 0 Å². The SMILES string of the molecule is CCCCCCCCCCCCCCCCCC(=O)[O-].CCCCCCCCCCCCCCCCCC(=O)[O-].[CH2]CCCCCCC.[HH].[Sn+2]. The van der Waals surface area contributed by atoms with E-state index >= 15 is 0 Å². The number of rotatable bonds is 37. The van der Waals surface area contributed by atoms with E-state index in [0.717, 1.165) is 32.1 Å². The van der Waals surface area contributed by atoms with Crippen molar-refractivity contribution < 1.29 is 21.2 Å². The Labute approximate surface area is 327 Å². The van der Waals surface area contributed by atoms with Crippen molar-refractivity contribution >= 4 is 35.8 Å². The topological polar surface area (TPSA) is 80.3 Å². The second-order valence-corrected chi connectivity index (χ2v) is 14.4. The van der Waals surface area contributed by atoms with Crippen LogP contribution in [0.15, 0.2) is 0 Å². The Morgan fingerprint density at radius 2 is 0.510 bits per heavy atom. The number of hydrogen-bond acceptors (Lipinski definition) is 4. The summed E-state index contributed by atoms with van der Waals surface area (Å²) in [6, 6.07) is 0. The average Bonchev–Trinajstić information content (AvgIpc) is 3.07. The fourth-order valence-electron chi connectivity index (χ4n) is 6.06. The molecule has 293 valence electrons. The summed E-state index contributed by atoms with van der Waals surface area (Å²) in [6.07, 6.45) is 47.7. The molecule has 0 N–H and O–H groups in total. The van der Waals surface area contributed by atoms with Gasteiger partial charge >= 0.3 is 23.9 Å². The molecule has 0 aliphatic heterocycles. The first-order valence-electron chi connectivity index (χ1n) is 21.6. The Morgan fingerprint density at radius 3 is 0.673 bits per heavy atom. The van der Waals surface area contributed by atoms with Gasteiger partial charge in [-0.2, -0.15) is 0 Å². The van der Waals surface area contributed by atoms with Gasteiger partial charge in [0.25, 0.3) is 0 Å². The molecule has 0 fully saturated rings. The summed E-state index contributed by atoms with van der Waals surface area (Å²) in [6.45, 7) is 10.6. The zero-order valence-electron chi connectivity index (χ0n) is 33.7. The van der Waals surface area contributed by atoms with Crippen molar-refractivity contribution in [3.8, 4) is 0 Å². The molecule has 4 nitrogen and oxygen atoms in total. The third-order valence-electron chi connectivity index (χ3n) is 9.32.